The highest BCUT2D eigenvalue weighted by atomic mass is 32.2. The second-order valence-electron chi connectivity index (χ2n) is 11.8. The van der Waals surface area contributed by atoms with E-state index >= 15 is 0 Å². The number of carbonyl (C=O) groups excluding carboxylic acids is 5. The maximum atomic E-state index is 13.4. The largest absolute Gasteiger partial charge is 0.478 e. The number of amides is 3. The average molecular weight is 717 g/mol. The third-order valence-electron chi connectivity index (χ3n) is 7.84. The first kappa shape index (κ1) is 37.7. The van der Waals surface area contributed by atoms with E-state index in [4.69, 9.17) is 23.7 Å². The van der Waals surface area contributed by atoms with Gasteiger partial charge in [-0.1, -0.05) is 29.5 Å². The molecular formula is C33H36N2O14S. The Labute approximate surface area is 290 Å². The second-order valence-corrected chi connectivity index (χ2v) is 13.1. The van der Waals surface area contributed by atoms with Crippen LogP contribution in [0.15, 0.2) is 41.3 Å². The molecule has 16 nitrogen and oxygen atoms in total. The van der Waals surface area contributed by atoms with E-state index in [1.54, 1.807) is 38.1 Å². The summed E-state index contributed by atoms with van der Waals surface area (Å²) in [6.45, 7) is 7.80. The first-order valence-corrected chi connectivity index (χ1v) is 16.1. The molecule has 2 aromatic carbocycles. The normalized spacial score (nSPS) is 22.3. The molecule has 0 radical (unpaired) electrons. The van der Waals surface area contributed by atoms with Crippen LogP contribution in [0.5, 0.6) is 5.75 Å². The van der Waals surface area contributed by atoms with Crippen LogP contribution in [0.4, 0.5) is 9.59 Å². The predicted octanol–water partition coefficient (Wildman–Crippen LogP) is 3.36. The van der Waals surface area contributed by atoms with Gasteiger partial charge in [0.05, 0.1) is 6.54 Å². The van der Waals surface area contributed by atoms with E-state index in [1.807, 2.05) is 6.92 Å². The summed E-state index contributed by atoms with van der Waals surface area (Å²) in [5.41, 5.74) is 1.95. The van der Waals surface area contributed by atoms with Crippen LogP contribution >= 0.6 is 11.8 Å². The van der Waals surface area contributed by atoms with Crippen molar-refractivity contribution in [3.8, 4) is 5.75 Å². The van der Waals surface area contributed by atoms with Crippen LogP contribution in [0.1, 0.15) is 54.2 Å². The van der Waals surface area contributed by atoms with E-state index in [2.05, 4.69) is 5.32 Å². The molecule has 2 saturated heterocycles. The minimum Gasteiger partial charge on any atom is -0.478 e. The summed E-state index contributed by atoms with van der Waals surface area (Å²) in [4.78, 5) is 86.4. The second kappa shape index (κ2) is 15.2. The number of fused-ring (bicyclic) bond motifs is 1. The number of ether oxygens (including phenoxy) is 5. The quantitative estimate of drug-likeness (QED) is 0.172. The Morgan fingerprint density at radius 2 is 1.56 bits per heavy atom. The molecule has 2 aromatic rings. The number of imide groups is 1. The van der Waals surface area contributed by atoms with Gasteiger partial charge in [0.25, 0.3) is 5.91 Å². The molecule has 50 heavy (non-hydrogen) atoms. The molecule has 6 atom stereocenters. The molecule has 2 fully saturated rings. The van der Waals surface area contributed by atoms with Crippen molar-refractivity contribution in [2.45, 2.75) is 88.2 Å². The van der Waals surface area contributed by atoms with Gasteiger partial charge >= 0.3 is 36.1 Å². The summed E-state index contributed by atoms with van der Waals surface area (Å²) in [5.74, 6) is -4.35. The molecule has 0 aliphatic carbocycles. The number of hydrogen-bond acceptors (Lipinski definition) is 13. The van der Waals surface area contributed by atoms with Gasteiger partial charge in [-0.15, -0.1) is 0 Å². The summed E-state index contributed by atoms with van der Waals surface area (Å²) < 4.78 is 27.8. The summed E-state index contributed by atoms with van der Waals surface area (Å²) >= 11 is 0.749. The Hall–Kier alpha value is -5.16. The van der Waals surface area contributed by atoms with Crippen molar-refractivity contribution < 1.29 is 67.5 Å². The van der Waals surface area contributed by atoms with Gasteiger partial charge in [0.15, 0.2) is 12.2 Å². The lowest BCUT2D eigenvalue weighted by Crippen LogP contribution is -2.65. The van der Waals surface area contributed by atoms with Gasteiger partial charge in [0.1, 0.15) is 24.0 Å². The Morgan fingerprint density at radius 1 is 0.960 bits per heavy atom. The molecule has 268 valence electrons. The Bertz CT molecular complexity index is 1690. The minimum absolute atomic E-state index is 0.127. The number of nitrogens with one attached hydrogen (secondary N) is 1. The Kier molecular flexibility index (Phi) is 11.4. The molecule has 4 unspecified atom stereocenters. The lowest BCUT2D eigenvalue weighted by Gasteiger charge is -2.46. The third kappa shape index (κ3) is 8.34. The molecule has 0 aromatic heterocycles. The van der Waals surface area contributed by atoms with Crippen molar-refractivity contribution in [3.63, 3.8) is 0 Å². The molecule has 2 aliphatic heterocycles. The van der Waals surface area contributed by atoms with E-state index in [0.717, 1.165) is 31.2 Å². The number of hydrogen-bond donors (Lipinski definition) is 3. The van der Waals surface area contributed by atoms with Crippen LogP contribution in [-0.4, -0.2) is 99.0 Å². The zero-order valence-corrected chi connectivity index (χ0v) is 28.7. The molecule has 4 rings (SSSR count). The van der Waals surface area contributed by atoms with E-state index in [-0.39, 0.29) is 11.3 Å². The van der Waals surface area contributed by atoms with Crippen LogP contribution < -0.4 is 10.1 Å². The number of esters is 3. The number of rotatable bonds is 11. The minimum atomic E-state index is -2.23. The molecule has 0 saturated carbocycles. The van der Waals surface area contributed by atoms with Crippen LogP contribution in [-0.2, 0) is 38.1 Å². The molecule has 0 bridgehead atoms. The zero-order chi connectivity index (χ0) is 37.1. The van der Waals surface area contributed by atoms with E-state index in [9.17, 15) is 43.8 Å². The Balaban J connectivity index is 1.76. The highest BCUT2D eigenvalue weighted by Crippen LogP contribution is 2.48. The predicted molar refractivity (Wildman–Crippen MR) is 171 cm³/mol. The number of thioether (sulfide) groups is 1. The number of carboxylic acid groups (broad SMARTS) is 2. The number of carboxylic acids is 1. The average Bonchev–Trinajstić information content (AvgIpc) is 3.35. The van der Waals surface area contributed by atoms with Crippen molar-refractivity contribution in [2.75, 3.05) is 6.54 Å². The van der Waals surface area contributed by atoms with Crippen LogP contribution in [0.25, 0.3) is 0 Å². The molecule has 2 aliphatic rings. The third-order valence-corrected chi connectivity index (χ3v) is 9.11. The van der Waals surface area contributed by atoms with Crippen molar-refractivity contribution in [3.05, 3.63) is 58.7 Å². The van der Waals surface area contributed by atoms with Crippen LogP contribution in [0, 0.1) is 20.8 Å². The van der Waals surface area contributed by atoms with Gasteiger partial charge in [0, 0.05) is 37.7 Å². The summed E-state index contributed by atoms with van der Waals surface area (Å²) in [5, 5.41) is 23.1. The maximum Gasteiger partial charge on any atom is 0.420 e. The monoisotopic (exact) mass is 716 g/mol. The van der Waals surface area contributed by atoms with Gasteiger partial charge in [-0.05, 0) is 56.2 Å². The molecule has 0 spiro atoms. The number of aliphatic carboxylic acids is 1. The molecule has 2 heterocycles. The van der Waals surface area contributed by atoms with Gasteiger partial charge in [0.2, 0.25) is 4.93 Å². The number of benzene rings is 2. The number of carbonyl (C=O) groups is 7. The lowest BCUT2D eigenvalue weighted by molar-refractivity contribution is -0.212. The topological polar surface area (TPSA) is 221 Å². The molecule has 17 heteroatoms. The van der Waals surface area contributed by atoms with Crippen molar-refractivity contribution in [2.24, 2.45) is 0 Å². The van der Waals surface area contributed by atoms with E-state index < -0.39 is 90.3 Å². The number of aryl methyl sites for hydroxylation is 3. The van der Waals surface area contributed by atoms with Crippen molar-refractivity contribution in [1.29, 1.82) is 0 Å². The van der Waals surface area contributed by atoms with Crippen molar-refractivity contribution >= 4 is 53.7 Å². The maximum absolute atomic E-state index is 13.4. The van der Waals surface area contributed by atoms with Gasteiger partial charge in [-0.2, -0.15) is 0 Å². The van der Waals surface area contributed by atoms with Gasteiger partial charge in [-0.3, -0.25) is 19.2 Å². The molecule has 3 N–H and O–H groups in total. The first-order valence-electron chi connectivity index (χ1n) is 15.2. The first-order chi connectivity index (χ1) is 23.4. The fourth-order valence-electron chi connectivity index (χ4n) is 5.84. The highest BCUT2D eigenvalue weighted by Gasteiger charge is 2.64. The van der Waals surface area contributed by atoms with E-state index in [0.29, 0.717) is 20.9 Å². The van der Waals surface area contributed by atoms with E-state index in [1.165, 1.54) is 19.1 Å². The lowest BCUT2D eigenvalue weighted by atomic mass is 9.89. The number of nitrogens with zero attached hydrogens (tertiary/aromatic N) is 1. The van der Waals surface area contributed by atoms with Gasteiger partial charge in [-0.25, -0.2) is 19.3 Å². The summed E-state index contributed by atoms with van der Waals surface area (Å²) in [6, 6.07) is 8.09. The summed E-state index contributed by atoms with van der Waals surface area (Å²) in [6.07, 6.45) is -10.2. The smallest absolute Gasteiger partial charge is 0.420 e. The highest BCUT2D eigenvalue weighted by molar-refractivity contribution is 8.01. The van der Waals surface area contributed by atoms with Crippen LogP contribution in [0.2, 0.25) is 0 Å². The molecular weight excluding hydrogens is 680 g/mol. The zero-order valence-electron chi connectivity index (χ0n) is 27.9. The van der Waals surface area contributed by atoms with Crippen molar-refractivity contribution in [1.82, 2.24) is 10.2 Å². The fraction of sp³-hybridized carbons (Fsp3) is 0.424. The Morgan fingerprint density at radius 3 is 2.08 bits per heavy atom. The SMILES string of the molecule is CC(=O)Oc1c(C)cc(C(=O)NC[C@@H](OC(C)=O)[C@@H](OC(C)=O)C2OC(Sc3ccc(C)cc3)(C(=O)O)CC3OC(=O)N(C(=O)O)C32)cc1C. The summed E-state index contributed by atoms with van der Waals surface area (Å²) in [7, 11) is 0. The standard InChI is InChI=1S/C33H36N2O14S/c1-15-7-9-22(10-8-15)50-33(30(40)41)13-23-25(35(31(42)43)32(44)48-23)28(49-33)27(47-20(6)38)24(45-18(4)36)14-34-29(39)21-11-16(2)26(17(3)12-21)46-19(5)37/h7-12,23-25,27-28H,13-14H2,1-6H3,(H,34,39)(H,40,41)(H,42,43)/t23?,24-,25?,27-,28?,33?/m1/s1. The van der Waals surface area contributed by atoms with Crippen LogP contribution in [0.3, 0.4) is 0 Å². The molecule has 3 amide bonds. The fourth-order valence-corrected chi connectivity index (χ4v) is 6.99. The van der Waals surface area contributed by atoms with Gasteiger partial charge < -0.3 is 39.2 Å².